The van der Waals surface area contributed by atoms with Crippen LogP contribution in [0.15, 0.2) is 61.2 Å². The predicted molar refractivity (Wildman–Crippen MR) is 263 cm³/mol. The second-order valence-electron chi connectivity index (χ2n) is 20.1. The molecule has 6 aliphatic heterocycles. The molecule has 19 heteroatoms. The van der Waals surface area contributed by atoms with Gasteiger partial charge in [0.15, 0.2) is 12.1 Å². The average Bonchev–Trinajstić information content (AvgIpc) is 4.16. The minimum Gasteiger partial charge on any atom is -0.464 e. The van der Waals surface area contributed by atoms with E-state index in [1.807, 2.05) is 76.8 Å². The number of amides is 3. The van der Waals surface area contributed by atoms with Gasteiger partial charge in [-0.1, -0.05) is 12.1 Å². The van der Waals surface area contributed by atoms with Crippen molar-refractivity contribution < 1.29 is 47.0 Å². The fourth-order valence-electron chi connectivity index (χ4n) is 10.8. The predicted octanol–water partition coefficient (Wildman–Crippen LogP) is 7.79. The highest BCUT2D eigenvalue weighted by atomic mass is 127. The van der Waals surface area contributed by atoms with Crippen molar-refractivity contribution in [3.05, 3.63) is 121 Å². The van der Waals surface area contributed by atoms with Crippen molar-refractivity contribution in [2.45, 2.75) is 104 Å². The Bertz CT molecular complexity index is 2970. The van der Waals surface area contributed by atoms with Crippen LogP contribution in [0.5, 0.6) is 0 Å². The van der Waals surface area contributed by atoms with E-state index in [-0.39, 0.29) is 54.8 Å². The zero-order valence-corrected chi connectivity index (χ0v) is 42.5. The van der Waals surface area contributed by atoms with Gasteiger partial charge in [-0.2, -0.15) is 0 Å². The molecule has 8 heterocycles. The van der Waals surface area contributed by atoms with E-state index in [1.54, 1.807) is 43.5 Å². The van der Waals surface area contributed by atoms with Gasteiger partial charge in [0.2, 0.25) is 0 Å². The van der Waals surface area contributed by atoms with Crippen molar-refractivity contribution >= 4 is 58.1 Å². The lowest BCUT2D eigenvalue weighted by Crippen LogP contribution is -2.73. The molecule has 0 radical (unpaired) electrons. The Kier molecular flexibility index (Phi) is 12.7. The lowest BCUT2D eigenvalue weighted by molar-refractivity contribution is -0.150. The number of halogens is 3. The quantitative estimate of drug-likeness (QED) is 0.0763. The minimum atomic E-state index is -1.03. The average molecular weight is 1080 g/mol. The summed E-state index contributed by atoms with van der Waals surface area (Å²) in [6, 6.07) is 12.1. The molecular weight excluding hydrogens is 1030 g/mol. The Morgan fingerprint density at radius 3 is 1.73 bits per heavy atom. The second kappa shape index (κ2) is 18.7. The first kappa shape index (κ1) is 48.3. The zero-order chi connectivity index (χ0) is 50.1. The Hall–Kier alpha value is -6.38. The maximum Gasteiger partial charge on any atom is 0.410 e. The summed E-state index contributed by atoms with van der Waals surface area (Å²) < 4.78 is 50.7. The number of ether oxygens (including phenoxy) is 3. The first-order valence-electron chi connectivity index (χ1n) is 24.1. The molecule has 16 nitrogen and oxygen atoms in total. The topological polar surface area (TPSA) is 162 Å². The fraction of sp³-hybridized carbons (Fsp3) is 0.442. The van der Waals surface area contributed by atoms with Gasteiger partial charge in [0, 0.05) is 87.6 Å². The Labute approximate surface area is 423 Å². The third kappa shape index (κ3) is 8.91. The van der Waals surface area contributed by atoms with E-state index in [0.29, 0.717) is 44.7 Å². The van der Waals surface area contributed by atoms with Crippen LogP contribution >= 0.6 is 22.6 Å². The second-order valence-corrected chi connectivity index (χ2v) is 21.3. The smallest absolute Gasteiger partial charge is 0.410 e. The largest absolute Gasteiger partial charge is 0.464 e. The third-order valence-corrected chi connectivity index (χ3v) is 14.7. The van der Waals surface area contributed by atoms with Gasteiger partial charge in [-0.05, 0) is 130 Å². The number of carbonyl (C=O) groups excluding carboxylic acids is 5. The van der Waals surface area contributed by atoms with E-state index >= 15 is 4.39 Å². The summed E-state index contributed by atoms with van der Waals surface area (Å²) in [5.41, 5.74) is 6.09. The van der Waals surface area contributed by atoms with Crippen LogP contribution in [0.25, 0.3) is 11.1 Å². The number of carbonyl (C=O) groups is 5. The van der Waals surface area contributed by atoms with Crippen molar-refractivity contribution in [2.75, 3.05) is 44.3 Å². The van der Waals surface area contributed by atoms with E-state index < -0.39 is 47.2 Å². The number of hydrogen-bond donors (Lipinski definition) is 0. The maximum atomic E-state index is 15.6. The molecule has 3 amide bonds. The number of esters is 2. The summed E-state index contributed by atoms with van der Waals surface area (Å²) in [4.78, 5) is 80.6. The fourth-order valence-corrected chi connectivity index (χ4v) is 11.4. The minimum absolute atomic E-state index is 0.0307. The lowest BCUT2D eigenvalue weighted by atomic mass is 9.73. The molecule has 0 bridgehead atoms. The number of rotatable bonds is 10. The standard InChI is InChI=1S/C34H38FN5O5.C18H17FIN3O3/c1-5-44-31(42)29(28-27-7-6-12-37(27)20-36-28)40-15-25-24(30(40)41)13-22(14-26(25)35)21-8-10-23(11-9-21)38-16-34(17-38)18-39(19-34)32(43)45-33(2,3)4;1-2-26-18(25)16(15-14-4-3-5-22(14)9-21-15)23-8-12-11(17(23)24)6-10(20)7-13(12)19/h8-11,13-14,20,29H,5-7,12,15-19H2,1-4H3;6-7,9,16H,2-5,8H2,1H3. The number of aromatic nitrogens is 4. The van der Waals surface area contributed by atoms with Gasteiger partial charge < -0.3 is 42.9 Å². The molecule has 3 aromatic carbocycles. The van der Waals surface area contributed by atoms with Gasteiger partial charge in [0.05, 0.1) is 50.3 Å². The van der Waals surface area contributed by atoms with Crippen LogP contribution in [-0.2, 0) is 62.8 Å². The Morgan fingerprint density at radius 1 is 0.718 bits per heavy atom. The Balaban J connectivity index is 0.000000190. The molecule has 372 valence electrons. The van der Waals surface area contributed by atoms with Crippen molar-refractivity contribution in [3.8, 4) is 11.1 Å². The van der Waals surface area contributed by atoms with Crippen LogP contribution < -0.4 is 4.90 Å². The van der Waals surface area contributed by atoms with Crippen molar-refractivity contribution in [2.24, 2.45) is 5.41 Å². The number of anilines is 1. The van der Waals surface area contributed by atoms with Crippen molar-refractivity contribution in [3.63, 3.8) is 0 Å². The molecule has 0 aliphatic carbocycles. The van der Waals surface area contributed by atoms with E-state index in [1.165, 1.54) is 21.9 Å². The summed E-state index contributed by atoms with van der Waals surface area (Å²) >= 11 is 1.98. The van der Waals surface area contributed by atoms with E-state index in [0.717, 1.165) is 74.5 Å². The van der Waals surface area contributed by atoms with Crippen molar-refractivity contribution in [1.82, 2.24) is 33.8 Å². The number of nitrogens with zero attached hydrogens (tertiary/aromatic N) is 8. The summed E-state index contributed by atoms with van der Waals surface area (Å²) in [6.45, 7) is 14.2. The number of benzene rings is 3. The van der Waals surface area contributed by atoms with Crippen LogP contribution in [0.4, 0.5) is 19.3 Å². The molecule has 71 heavy (non-hydrogen) atoms. The number of fused-ring (bicyclic) bond motifs is 4. The Morgan fingerprint density at radius 2 is 1.23 bits per heavy atom. The number of imidazole rings is 2. The van der Waals surface area contributed by atoms with Crippen LogP contribution in [0.1, 0.15) is 114 Å². The highest BCUT2D eigenvalue weighted by molar-refractivity contribution is 14.1. The van der Waals surface area contributed by atoms with E-state index in [4.69, 9.17) is 14.2 Å². The zero-order valence-electron chi connectivity index (χ0n) is 40.3. The highest BCUT2D eigenvalue weighted by Gasteiger charge is 2.54. The molecule has 2 fully saturated rings. The van der Waals surface area contributed by atoms with Gasteiger partial charge in [-0.3, -0.25) is 9.59 Å². The highest BCUT2D eigenvalue weighted by Crippen LogP contribution is 2.44. The summed E-state index contributed by atoms with van der Waals surface area (Å²) in [7, 11) is 0. The van der Waals surface area contributed by atoms with Gasteiger partial charge >= 0.3 is 18.0 Å². The normalized spacial score (nSPS) is 18.0. The molecular formula is C52H55F2IN8O8. The first-order chi connectivity index (χ1) is 34.0. The van der Waals surface area contributed by atoms with Gasteiger partial charge in [0.25, 0.3) is 11.8 Å². The molecule has 2 saturated heterocycles. The molecule has 5 aromatic rings. The first-order valence-corrected chi connectivity index (χ1v) is 25.2. The van der Waals surface area contributed by atoms with Crippen LogP contribution in [0.2, 0.25) is 0 Å². The SMILES string of the molecule is CCOC(=O)C(c1ncn2c1CCC2)N1Cc2c(F)cc(-c3ccc(N4CC5(CN(C(=O)OC(C)(C)C)C5)C4)cc3)cc2C1=O.CCOC(=O)C(c1ncn2c1CCC2)N1Cc2c(F)cc(I)cc2C1=O. The van der Waals surface area contributed by atoms with Crippen LogP contribution in [0, 0.1) is 20.6 Å². The summed E-state index contributed by atoms with van der Waals surface area (Å²) in [5.74, 6) is -2.78. The van der Waals surface area contributed by atoms with Gasteiger partial charge in [-0.15, -0.1) is 0 Å². The molecule has 11 rings (SSSR count). The molecule has 0 saturated carbocycles. The summed E-state index contributed by atoms with van der Waals surface area (Å²) in [6.07, 6.45) is 6.61. The number of hydrogen-bond acceptors (Lipinski definition) is 11. The van der Waals surface area contributed by atoms with E-state index in [9.17, 15) is 28.4 Å². The van der Waals surface area contributed by atoms with Gasteiger partial charge in [0.1, 0.15) is 17.2 Å². The molecule has 2 aromatic heterocycles. The maximum absolute atomic E-state index is 15.6. The van der Waals surface area contributed by atoms with Gasteiger partial charge in [-0.25, -0.2) is 33.1 Å². The molecule has 0 N–H and O–H groups in total. The molecule has 2 unspecified atom stereocenters. The monoisotopic (exact) mass is 1080 g/mol. The van der Waals surface area contributed by atoms with E-state index in [2.05, 4.69) is 14.9 Å². The summed E-state index contributed by atoms with van der Waals surface area (Å²) in [5, 5.41) is 0. The van der Waals surface area contributed by atoms with Crippen molar-refractivity contribution in [1.29, 1.82) is 0 Å². The van der Waals surface area contributed by atoms with Crippen LogP contribution in [-0.4, -0.2) is 109 Å². The molecule has 1 spiro atoms. The number of likely N-dealkylation sites (tertiary alicyclic amines) is 1. The third-order valence-electron chi connectivity index (χ3n) is 14.1. The molecule has 6 aliphatic rings. The van der Waals surface area contributed by atoms with Crippen LogP contribution in [0.3, 0.4) is 0 Å². The molecule has 2 atom stereocenters. The lowest BCUT2D eigenvalue weighted by Gasteiger charge is -2.60. The number of aryl methyl sites for hydroxylation is 2.